The molecule has 0 aliphatic heterocycles. The van der Waals surface area contributed by atoms with Gasteiger partial charge in [0, 0.05) is 7.05 Å². The molecule has 0 aromatic heterocycles. The van der Waals surface area contributed by atoms with Crippen molar-refractivity contribution in [3.05, 3.63) is 29.1 Å². The zero-order valence-electron chi connectivity index (χ0n) is 24.7. The molecule has 1 aromatic carbocycles. The summed E-state index contributed by atoms with van der Waals surface area (Å²) in [5.74, 6) is -15.0. The fourth-order valence-corrected chi connectivity index (χ4v) is 3.12. The molecule has 0 aliphatic rings. The molecular formula is C27H37F5N2O10. The molecular weight excluding hydrogens is 607 g/mol. The summed E-state index contributed by atoms with van der Waals surface area (Å²) in [6.45, 7) is 4.67. The van der Waals surface area contributed by atoms with Gasteiger partial charge in [-0.05, 0) is 13.8 Å². The van der Waals surface area contributed by atoms with E-state index < -0.39 is 58.7 Å². The van der Waals surface area contributed by atoms with Crippen LogP contribution in [0.1, 0.15) is 26.7 Å². The summed E-state index contributed by atoms with van der Waals surface area (Å²) in [5, 5.41) is 2.42. The van der Waals surface area contributed by atoms with Crippen molar-refractivity contribution < 1.29 is 69.6 Å². The van der Waals surface area contributed by atoms with Crippen LogP contribution >= 0.6 is 0 Å². The van der Waals surface area contributed by atoms with E-state index >= 15 is 0 Å². The topological polar surface area (TPSA) is 139 Å². The first-order valence-corrected chi connectivity index (χ1v) is 13.5. The lowest BCUT2D eigenvalue weighted by Gasteiger charge is -2.34. The van der Waals surface area contributed by atoms with E-state index in [2.05, 4.69) is 10.1 Å². The van der Waals surface area contributed by atoms with Gasteiger partial charge in [-0.2, -0.15) is 8.78 Å². The Morgan fingerprint density at radius 2 is 1.07 bits per heavy atom. The number of benzene rings is 1. The second-order valence-corrected chi connectivity index (χ2v) is 9.32. The van der Waals surface area contributed by atoms with Gasteiger partial charge in [0.25, 0.3) is 0 Å². The molecule has 250 valence electrons. The third kappa shape index (κ3) is 13.2. The molecule has 0 fully saturated rings. The number of halogens is 5. The van der Waals surface area contributed by atoms with Crippen molar-refractivity contribution in [3.63, 3.8) is 0 Å². The summed E-state index contributed by atoms with van der Waals surface area (Å²) in [6.07, 6.45) is 0.109. The van der Waals surface area contributed by atoms with Crippen molar-refractivity contribution in [2.24, 2.45) is 0 Å². The molecule has 12 nitrogen and oxygen atoms in total. The molecule has 0 heterocycles. The average molecular weight is 645 g/mol. The Hall–Kier alpha value is -3.25. The minimum atomic E-state index is -2.36. The van der Waals surface area contributed by atoms with Gasteiger partial charge in [0.1, 0.15) is 11.8 Å². The number of hydrogen-bond acceptors (Lipinski definition) is 10. The maximum atomic E-state index is 13.5. The van der Waals surface area contributed by atoms with E-state index in [1.807, 2.05) is 0 Å². The van der Waals surface area contributed by atoms with Gasteiger partial charge in [-0.1, -0.05) is 0 Å². The van der Waals surface area contributed by atoms with Crippen molar-refractivity contribution >= 4 is 24.1 Å². The van der Waals surface area contributed by atoms with E-state index in [0.29, 0.717) is 12.9 Å². The first-order valence-electron chi connectivity index (χ1n) is 13.5. The highest BCUT2D eigenvalue weighted by Crippen LogP contribution is 2.29. The minimum Gasteiger partial charge on any atom is -0.420 e. The van der Waals surface area contributed by atoms with Gasteiger partial charge >= 0.3 is 5.97 Å². The number of rotatable bonds is 23. The molecule has 0 aliphatic carbocycles. The molecule has 0 unspecified atom stereocenters. The Bertz CT molecular complexity index is 1060. The molecule has 0 spiro atoms. The molecule has 0 saturated carbocycles. The number of nitrogens with one attached hydrogen (secondary N) is 1. The number of carbonyl (C=O) groups is 4. The summed E-state index contributed by atoms with van der Waals surface area (Å²) >= 11 is 0. The summed E-state index contributed by atoms with van der Waals surface area (Å²) in [7, 11) is 1.50. The van der Waals surface area contributed by atoms with E-state index in [1.165, 1.54) is 11.9 Å². The standard InChI is InChI=1S/C27H37F5N2O10/c1-27(2,26(38)33-6-7-35)34(3)18(36)4-8-39-10-12-41-14-16-43-17-15-42-13-11-40-9-5-19(37)44-25-23(31)21(29)20(28)22(30)24(25)32/h7H,4-6,8-17H2,1-3H3,(H,33,38). The van der Waals surface area contributed by atoms with Crippen LogP contribution in [-0.4, -0.2) is 114 Å². The lowest BCUT2D eigenvalue weighted by atomic mass is 10.0. The monoisotopic (exact) mass is 644 g/mol. The van der Waals surface area contributed by atoms with Gasteiger partial charge in [-0.3, -0.25) is 14.4 Å². The lowest BCUT2D eigenvalue weighted by molar-refractivity contribution is -0.145. The van der Waals surface area contributed by atoms with Gasteiger partial charge in [0.05, 0.1) is 85.5 Å². The molecule has 17 heteroatoms. The Labute approximate surface area is 251 Å². The van der Waals surface area contributed by atoms with Crippen LogP contribution < -0.4 is 10.1 Å². The van der Waals surface area contributed by atoms with Crippen molar-refractivity contribution in [2.75, 3.05) is 79.7 Å². The summed E-state index contributed by atoms with van der Waals surface area (Å²) in [4.78, 5) is 47.7. The smallest absolute Gasteiger partial charge is 0.313 e. The Morgan fingerprint density at radius 1 is 0.682 bits per heavy atom. The van der Waals surface area contributed by atoms with Crippen molar-refractivity contribution in [2.45, 2.75) is 32.2 Å². The predicted molar refractivity (Wildman–Crippen MR) is 141 cm³/mol. The van der Waals surface area contributed by atoms with Crippen LogP contribution in [0.3, 0.4) is 0 Å². The highest BCUT2D eigenvalue weighted by molar-refractivity contribution is 5.91. The molecule has 1 aromatic rings. The summed E-state index contributed by atoms with van der Waals surface area (Å²) in [6, 6.07) is 0. The van der Waals surface area contributed by atoms with Gasteiger partial charge in [-0.15, -0.1) is 0 Å². The van der Waals surface area contributed by atoms with Gasteiger partial charge < -0.3 is 43.4 Å². The number of hydrogen-bond donors (Lipinski definition) is 1. The van der Waals surface area contributed by atoms with Crippen molar-refractivity contribution in [1.29, 1.82) is 0 Å². The summed E-state index contributed by atoms with van der Waals surface area (Å²) < 4.78 is 96.9. The van der Waals surface area contributed by atoms with Gasteiger partial charge in [0.2, 0.25) is 46.6 Å². The van der Waals surface area contributed by atoms with E-state index in [4.69, 9.17) is 23.7 Å². The fraction of sp³-hybridized carbons (Fsp3) is 0.630. The number of aldehydes is 1. The normalized spacial score (nSPS) is 11.4. The third-order valence-corrected chi connectivity index (χ3v) is 5.90. The Kier molecular flexibility index (Phi) is 18.2. The average Bonchev–Trinajstić information content (AvgIpc) is 3.00. The Morgan fingerprint density at radius 3 is 1.50 bits per heavy atom. The van der Waals surface area contributed by atoms with Crippen LogP contribution in [0.2, 0.25) is 0 Å². The molecule has 44 heavy (non-hydrogen) atoms. The zero-order valence-corrected chi connectivity index (χ0v) is 24.7. The van der Waals surface area contributed by atoms with E-state index in [1.54, 1.807) is 13.8 Å². The molecule has 0 bridgehead atoms. The van der Waals surface area contributed by atoms with E-state index in [9.17, 15) is 41.1 Å². The molecule has 1 N–H and O–H groups in total. The van der Waals surface area contributed by atoms with Crippen molar-refractivity contribution in [3.8, 4) is 5.75 Å². The maximum absolute atomic E-state index is 13.5. The first kappa shape index (κ1) is 38.8. The molecule has 1 rings (SSSR count). The molecule has 2 amide bonds. The SMILES string of the molecule is CN(C(=O)CCOCCOCCOCCOCCOCCC(=O)Oc1c(F)c(F)c(F)c(F)c1F)C(C)(C)C(=O)NCC=O. The van der Waals surface area contributed by atoms with Crippen LogP contribution in [0.25, 0.3) is 0 Å². The fourth-order valence-electron chi connectivity index (χ4n) is 3.12. The highest BCUT2D eigenvalue weighted by atomic mass is 19.2. The van der Waals surface area contributed by atoms with Crippen LogP contribution in [0.4, 0.5) is 22.0 Å². The third-order valence-electron chi connectivity index (χ3n) is 5.90. The molecule has 0 radical (unpaired) electrons. The zero-order chi connectivity index (χ0) is 33.1. The second-order valence-electron chi connectivity index (χ2n) is 9.32. The lowest BCUT2D eigenvalue weighted by Crippen LogP contribution is -2.55. The predicted octanol–water partition coefficient (Wildman–Crippen LogP) is 1.70. The molecule has 0 saturated heterocycles. The highest BCUT2D eigenvalue weighted by Gasteiger charge is 2.34. The van der Waals surface area contributed by atoms with Crippen LogP contribution in [0.15, 0.2) is 0 Å². The maximum Gasteiger partial charge on any atom is 0.313 e. The van der Waals surface area contributed by atoms with Crippen LogP contribution in [0, 0.1) is 29.1 Å². The van der Waals surface area contributed by atoms with Crippen LogP contribution in [-0.2, 0) is 42.9 Å². The number of likely N-dealkylation sites (N-methyl/N-ethyl adjacent to an activating group) is 1. The van der Waals surface area contributed by atoms with Crippen molar-refractivity contribution in [1.82, 2.24) is 10.2 Å². The Balaban J connectivity index is 1.98. The largest absolute Gasteiger partial charge is 0.420 e. The van der Waals surface area contributed by atoms with E-state index in [-0.39, 0.29) is 78.3 Å². The number of amides is 2. The molecule has 0 atom stereocenters. The van der Waals surface area contributed by atoms with E-state index in [0.717, 1.165) is 0 Å². The number of esters is 1. The first-order chi connectivity index (χ1) is 20.9. The van der Waals surface area contributed by atoms with Crippen LogP contribution in [0.5, 0.6) is 5.75 Å². The number of carbonyl (C=O) groups excluding carboxylic acids is 4. The summed E-state index contributed by atoms with van der Waals surface area (Å²) in [5.41, 5.74) is -1.13. The number of ether oxygens (including phenoxy) is 6. The second kappa shape index (κ2) is 20.7. The van der Waals surface area contributed by atoms with Gasteiger partial charge in [-0.25, -0.2) is 13.2 Å². The quantitative estimate of drug-likeness (QED) is 0.0356. The number of nitrogens with zero attached hydrogens (tertiary/aromatic N) is 1. The minimum absolute atomic E-state index is 0.0509. The van der Waals surface area contributed by atoms with Gasteiger partial charge in [0.15, 0.2) is 0 Å².